The van der Waals surface area contributed by atoms with E-state index in [0.717, 1.165) is 55.0 Å². The number of benzene rings is 2. The molecule has 152 valence electrons. The zero-order valence-electron chi connectivity index (χ0n) is 17.0. The highest BCUT2D eigenvalue weighted by Gasteiger charge is 2.28. The zero-order valence-corrected chi connectivity index (χ0v) is 17.0. The summed E-state index contributed by atoms with van der Waals surface area (Å²) < 4.78 is 15.6. The summed E-state index contributed by atoms with van der Waals surface area (Å²) in [6, 6.07) is 14.5. The Morgan fingerprint density at radius 1 is 1.21 bits per heavy atom. The number of likely N-dealkylation sites (tertiary alicyclic amines) is 1. The molecule has 5 nitrogen and oxygen atoms in total. The first kappa shape index (κ1) is 19.6. The Morgan fingerprint density at radius 2 is 1.97 bits per heavy atom. The molecule has 0 bridgehead atoms. The maximum absolute atomic E-state index is 13.5. The molecular weight excluding hydrogens is 367 g/mol. The van der Waals surface area contributed by atoms with Crippen LogP contribution in [0.15, 0.2) is 48.5 Å². The number of carbonyl (C=O) groups is 1. The molecule has 2 heterocycles. The molecule has 3 aromatic rings. The largest absolute Gasteiger partial charge is 0.346 e. The Balaban J connectivity index is 1.63. The van der Waals surface area contributed by atoms with Crippen molar-refractivity contribution in [3.63, 3.8) is 0 Å². The fourth-order valence-electron chi connectivity index (χ4n) is 4.13. The van der Waals surface area contributed by atoms with E-state index in [1.165, 1.54) is 12.1 Å². The fourth-order valence-corrected chi connectivity index (χ4v) is 4.13. The SMILES string of the molecule is CCN(C)C(=O)[C@@H]1CCCN(Cc2nc3ccccc3n2-c2ccc(F)cc2)C1. The predicted molar refractivity (Wildman–Crippen MR) is 112 cm³/mol. The maximum Gasteiger partial charge on any atom is 0.226 e. The lowest BCUT2D eigenvalue weighted by Gasteiger charge is -2.33. The summed E-state index contributed by atoms with van der Waals surface area (Å²) in [7, 11) is 1.87. The molecule has 1 atom stereocenters. The minimum atomic E-state index is -0.253. The van der Waals surface area contributed by atoms with E-state index in [-0.39, 0.29) is 17.6 Å². The number of fused-ring (bicyclic) bond motifs is 1. The van der Waals surface area contributed by atoms with Gasteiger partial charge in [0.25, 0.3) is 0 Å². The van der Waals surface area contributed by atoms with Crippen molar-refractivity contribution in [2.24, 2.45) is 5.92 Å². The lowest BCUT2D eigenvalue weighted by atomic mass is 9.96. The summed E-state index contributed by atoms with van der Waals surface area (Å²) in [6.45, 7) is 5.09. The quantitative estimate of drug-likeness (QED) is 0.660. The van der Waals surface area contributed by atoms with Crippen LogP contribution in [0.1, 0.15) is 25.6 Å². The molecule has 0 unspecified atom stereocenters. The van der Waals surface area contributed by atoms with E-state index < -0.39 is 0 Å². The number of aromatic nitrogens is 2. The molecule has 2 aromatic carbocycles. The Labute approximate surface area is 170 Å². The highest BCUT2D eigenvalue weighted by Crippen LogP contribution is 2.25. The van der Waals surface area contributed by atoms with Gasteiger partial charge in [0.2, 0.25) is 5.91 Å². The number of piperidine rings is 1. The van der Waals surface area contributed by atoms with Crippen molar-refractivity contribution in [2.45, 2.75) is 26.3 Å². The Morgan fingerprint density at radius 3 is 2.72 bits per heavy atom. The molecule has 6 heteroatoms. The van der Waals surface area contributed by atoms with Gasteiger partial charge in [0.1, 0.15) is 11.6 Å². The number of nitrogens with zero attached hydrogens (tertiary/aromatic N) is 4. The van der Waals surface area contributed by atoms with Crippen LogP contribution in [0.2, 0.25) is 0 Å². The maximum atomic E-state index is 13.5. The molecule has 1 fully saturated rings. The molecule has 1 amide bonds. The third-order valence-electron chi connectivity index (χ3n) is 5.79. The summed E-state index contributed by atoms with van der Waals surface area (Å²) >= 11 is 0. The van der Waals surface area contributed by atoms with E-state index in [1.54, 1.807) is 12.1 Å². The number of carbonyl (C=O) groups excluding carboxylic acids is 1. The molecule has 29 heavy (non-hydrogen) atoms. The average Bonchev–Trinajstić information content (AvgIpc) is 3.11. The molecule has 1 aliphatic rings. The zero-order chi connectivity index (χ0) is 20.4. The number of amides is 1. The summed E-state index contributed by atoms with van der Waals surface area (Å²) in [4.78, 5) is 21.6. The third-order valence-corrected chi connectivity index (χ3v) is 5.79. The van der Waals surface area contributed by atoms with Gasteiger partial charge in [0.15, 0.2) is 0 Å². The smallest absolute Gasteiger partial charge is 0.226 e. The first-order valence-corrected chi connectivity index (χ1v) is 10.3. The van der Waals surface area contributed by atoms with E-state index in [2.05, 4.69) is 9.47 Å². The van der Waals surface area contributed by atoms with E-state index in [9.17, 15) is 9.18 Å². The van der Waals surface area contributed by atoms with Gasteiger partial charge in [0, 0.05) is 25.8 Å². The van der Waals surface area contributed by atoms with Gasteiger partial charge in [0.05, 0.1) is 23.5 Å². The van der Waals surface area contributed by atoms with Crippen LogP contribution in [0, 0.1) is 11.7 Å². The van der Waals surface area contributed by atoms with Gasteiger partial charge in [-0.25, -0.2) is 9.37 Å². The molecule has 0 aliphatic carbocycles. The van der Waals surface area contributed by atoms with Gasteiger partial charge in [-0.2, -0.15) is 0 Å². The second-order valence-electron chi connectivity index (χ2n) is 7.76. The number of hydrogen-bond acceptors (Lipinski definition) is 3. The van der Waals surface area contributed by atoms with Crippen LogP contribution in [0.25, 0.3) is 16.7 Å². The van der Waals surface area contributed by atoms with Gasteiger partial charge in [-0.1, -0.05) is 12.1 Å². The molecular formula is C23H27FN4O. The van der Waals surface area contributed by atoms with Gasteiger partial charge in [-0.3, -0.25) is 14.3 Å². The number of imidazole rings is 1. The van der Waals surface area contributed by atoms with E-state index in [0.29, 0.717) is 6.54 Å². The first-order chi connectivity index (χ1) is 14.1. The van der Waals surface area contributed by atoms with Gasteiger partial charge < -0.3 is 4.90 Å². The molecule has 0 spiro atoms. The standard InChI is InChI=1S/C23H27FN4O/c1-3-26(2)23(29)17-7-6-14-27(15-17)16-22-25-20-8-4-5-9-21(20)28(22)19-12-10-18(24)11-13-19/h4-5,8-13,17H,3,6-7,14-16H2,1-2H3/t17-/m1/s1. The van der Waals surface area contributed by atoms with Crippen LogP contribution in [0.4, 0.5) is 4.39 Å². The molecule has 1 aromatic heterocycles. The van der Waals surface area contributed by atoms with Gasteiger partial charge in [-0.05, 0) is 62.7 Å². The van der Waals surface area contributed by atoms with Crippen LogP contribution < -0.4 is 0 Å². The second-order valence-corrected chi connectivity index (χ2v) is 7.76. The Bertz CT molecular complexity index is 998. The van der Waals surface area contributed by atoms with Crippen molar-refractivity contribution in [2.75, 3.05) is 26.7 Å². The van der Waals surface area contributed by atoms with Crippen LogP contribution in [0.3, 0.4) is 0 Å². The normalized spacial score (nSPS) is 17.6. The van der Waals surface area contributed by atoms with Gasteiger partial charge >= 0.3 is 0 Å². The van der Waals surface area contributed by atoms with Crippen molar-refractivity contribution in [1.29, 1.82) is 0 Å². The Hall–Kier alpha value is -2.73. The molecule has 1 aliphatic heterocycles. The van der Waals surface area contributed by atoms with Crippen molar-refractivity contribution in [3.05, 3.63) is 60.2 Å². The first-order valence-electron chi connectivity index (χ1n) is 10.3. The molecule has 0 N–H and O–H groups in total. The molecule has 0 radical (unpaired) electrons. The van der Waals surface area contributed by atoms with Crippen molar-refractivity contribution in [3.8, 4) is 5.69 Å². The monoisotopic (exact) mass is 394 g/mol. The van der Waals surface area contributed by atoms with Crippen LogP contribution >= 0.6 is 0 Å². The van der Waals surface area contributed by atoms with Crippen molar-refractivity contribution >= 4 is 16.9 Å². The summed E-state index contributed by atoms with van der Waals surface area (Å²) in [5.74, 6) is 0.925. The summed E-state index contributed by atoms with van der Waals surface area (Å²) in [5, 5.41) is 0. The van der Waals surface area contributed by atoms with E-state index >= 15 is 0 Å². The van der Waals surface area contributed by atoms with E-state index in [1.807, 2.05) is 43.1 Å². The van der Waals surface area contributed by atoms with Crippen LogP contribution in [0.5, 0.6) is 0 Å². The summed E-state index contributed by atoms with van der Waals surface area (Å²) in [6.07, 6.45) is 1.94. The van der Waals surface area contributed by atoms with Gasteiger partial charge in [-0.15, -0.1) is 0 Å². The molecule has 0 saturated carbocycles. The van der Waals surface area contributed by atoms with Crippen LogP contribution in [-0.4, -0.2) is 51.9 Å². The second kappa shape index (κ2) is 8.33. The van der Waals surface area contributed by atoms with Crippen LogP contribution in [-0.2, 0) is 11.3 Å². The number of hydrogen-bond donors (Lipinski definition) is 0. The third kappa shape index (κ3) is 4.03. The van der Waals surface area contributed by atoms with Crippen molar-refractivity contribution in [1.82, 2.24) is 19.4 Å². The van der Waals surface area contributed by atoms with E-state index in [4.69, 9.17) is 4.98 Å². The summed E-state index contributed by atoms with van der Waals surface area (Å²) in [5.41, 5.74) is 2.82. The topological polar surface area (TPSA) is 41.4 Å². The minimum Gasteiger partial charge on any atom is -0.346 e. The number of rotatable bonds is 5. The molecule has 1 saturated heterocycles. The average molecular weight is 394 g/mol. The molecule has 4 rings (SSSR count). The minimum absolute atomic E-state index is 0.0392. The number of halogens is 1. The Kier molecular flexibility index (Phi) is 5.62. The fraction of sp³-hybridized carbons (Fsp3) is 0.391. The predicted octanol–water partition coefficient (Wildman–Crippen LogP) is 3.85. The van der Waals surface area contributed by atoms with Crippen molar-refractivity contribution < 1.29 is 9.18 Å². The lowest BCUT2D eigenvalue weighted by Crippen LogP contribution is -2.43. The number of para-hydroxylation sites is 2. The highest BCUT2D eigenvalue weighted by molar-refractivity contribution is 5.79. The highest BCUT2D eigenvalue weighted by atomic mass is 19.1. The lowest BCUT2D eigenvalue weighted by molar-refractivity contribution is -0.135.